The molecule has 0 unspecified atom stereocenters. The normalized spacial score (nSPS) is 14.7. The Labute approximate surface area is 174 Å². The van der Waals surface area contributed by atoms with Crippen molar-refractivity contribution < 1.29 is 14.4 Å². The first-order chi connectivity index (χ1) is 14.1. The van der Waals surface area contributed by atoms with Gasteiger partial charge in [-0.15, -0.1) is 0 Å². The third-order valence-corrected chi connectivity index (χ3v) is 5.65. The molecule has 0 bridgehead atoms. The van der Waals surface area contributed by atoms with Crippen LogP contribution in [0.25, 0.3) is 0 Å². The fourth-order valence-corrected chi connectivity index (χ4v) is 3.75. The van der Waals surface area contributed by atoms with Gasteiger partial charge in [0.2, 0.25) is 0 Å². The van der Waals surface area contributed by atoms with E-state index in [0.717, 1.165) is 37.4 Å². The average Bonchev–Trinajstić information content (AvgIpc) is 2.75. The summed E-state index contributed by atoms with van der Waals surface area (Å²) >= 11 is 0. The van der Waals surface area contributed by atoms with Crippen LogP contribution < -0.4 is 19.9 Å². The average molecular weight is 397 g/mol. The molecule has 5 nitrogen and oxygen atoms in total. The van der Waals surface area contributed by atoms with Crippen molar-refractivity contribution in [2.75, 3.05) is 49.5 Å². The zero-order valence-electron chi connectivity index (χ0n) is 18.0. The molecule has 2 N–H and O–H groups in total. The number of nitrogens with one attached hydrogen (secondary N) is 2. The second-order valence-electron chi connectivity index (χ2n) is 7.77. The largest absolute Gasteiger partial charge is 0.494 e. The van der Waals surface area contributed by atoms with E-state index < -0.39 is 0 Å². The molecule has 2 aromatic carbocycles. The molecule has 0 spiro atoms. The third kappa shape index (κ3) is 5.73. The number of aryl methyl sites for hydroxylation is 1. The second kappa shape index (κ2) is 10.3. The van der Waals surface area contributed by atoms with E-state index in [1.807, 2.05) is 30.3 Å². The molecule has 1 saturated heterocycles. The summed E-state index contributed by atoms with van der Waals surface area (Å²) in [7, 11) is 0. The van der Waals surface area contributed by atoms with Crippen molar-refractivity contribution >= 4 is 17.3 Å². The summed E-state index contributed by atoms with van der Waals surface area (Å²) in [5.41, 5.74) is 3.93. The first-order valence-corrected chi connectivity index (χ1v) is 10.8. The van der Waals surface area contributed by atoms with Crippen LogP contribution in [-0.2, 0) is 0 Å². The quantitative estimate of drug-likeness (QED) is 0.674. The highest BCUT2D eigenvalue weighted by molar-refractivity contribution is 6.04. The van der Waals surface area contributed by atoms with Crippen LogP contribution in [0.5, 0.6) is 5.75 Å². The van der Waals surface area contributed by atoms with Crippen LogP contribution in [0.2, 0.25) is 0 Å². The molecule has 156 valence electrons. The van der Waals surface area contributed by atoms with Crippen molar-refractivity contribution in [3.05, 3.63) is 53.6 Å². The lowest BCUT2D eigenvalue weighted by atomic mass is 10.1. The topological polar surface area (TPSA) is 46.0 Å². The lowest BCUT2D eigenvalue weighted by molar-refractivity contribution is -0.898. The number of rotatable bonds is 8. The molecular weight excluding hydrogens is 362 g/mol. The van der Waals surface area contributed by atoms with Gasteiger partial charge in [-0.05, 0) is 68.3 Å². The number of anilines is 2. The van der Waals surface area contributed by atoms with Gasteiger partial charge in [0, 0.05) is 16.9 Å². The van der Waals surface area contributed by atoms with Gasteiger partial charge in [-0.3, -0.25) is 4.79 Å². The van der Waals surface area contributed by atoms with E-state index in [4.69, 9.17) is 4.74 Å². The Morgan fingerprint density at radius 3 is 2.45 bits per heavy atom. The summed E-state index contributed by atoms with van der Waals surface area (Å²) in [4.78, 5) is 16.7. The second-order valence-corrected chi connectivity index (χ2v) is 7.77. The Hall–Kier alpha value is -2.53. The van der Waals surface area contributed by atoms with Gasteiger partial charge in [0.05, 0.1) is 39.3 Å². The maximum Gasteiger partial charge on any atom is 0.255 e. The summed E-state index contributed by atoms with van der Waals surface area (Å²) < 4.78 is 5.66. The first-order valence-electron chi connectivity index (χ1n) is 10.8. The maximum absolute atomic E-state index is 12.6. The lowest BCUT2D eigenvalue weighted by Gasteiger charge is -2.34. The van der Waals surface area contributed by atoms with E-state index >= 15 is 0 Å². The van der Waals surface area contributed by atoms with Crippen molar-refractivity contribution in [2.45, 2.75) is 33.6 Å². The number of hydrogen-bond donors (Lipinski definition) is 2. The molecule has 1 amide bonds. The highest BCUT2D eigenvalue weighted by Crippen LogP contribution is 2.24. The summed E-state index contributed by atoms with van der Waals surface area (Å²) in [6.07, 6.45) is 2.14. The molecule has 0 aliphatic carbocycles. The van der Waals surface area contributed by atoms with Crippen LogP contribution in [0.15, 0.2) is 42.5 Å². The van der Waals surface area contributed by atoms with E-state index in [-0.39, 0.29) is 5.91 Å². The predicted octanol–water partition coefficient (Wildman–Crippen LogP) is 3.15. The van der Waals surface area contributed by atoms with Crippen LogP contribution in [0.4, 0.5) is 11.4 Å². The van der Waals surface area contributed by atoms with E-state index in [9.17, 15) is 4.79 Å². The number of carbonyl (C=O) groups excluding carboxylic acids is 1. The standard InChI is InChI=1S/C24H33N3O2/c1-4-6-17-29-22-10-7-20(8-11-22)24(28)25-21-9-12-23(19(3)18-21)27-15-13-26(5-2)14-16-27/h7-12,18H,4-6,13-17H2,1-3H3,(H,25,28)/p+1. The molecule has 0 saturated carbocycles. The number of nitrogens with zero attached hydrogens (tertiary/aromatic N) is 1. The number of hydrogen-bond acceptors (Lipinski definition) is 3. The van der Waals surface area contributed by atoms with E-state index in [1.54, 1.807) is 4.90 Å². The minimum atomic E-state index is -0.0996. The lowest BCUT2D eigenvalue weighted by Crippen LogP contribution is -3.14. The number of unbranched alkanes of at least 4 members (excludes halogenated alkanes) is 1. The summed E-state index contributed by atoms with van der Waals surface area (Å²) in [5.74, 6) is 0.706. The number of quaternary nitrogens is 1. The van der Waals surface area contributed by atoms with Crippen LogP contribution in [-0.4, -0.2) is 45.2 Å². The Morgan fingerprint density at radius 1 is 1.10 bits per heavy atom. The van der Waals surface area contributed by atoms with Gasteiger partial charge in [-0.1, -0.05) is 13.3 Å². The van der Waals surface area contributed by atoms with Crippen molar-refractivity contribution in [1.29, 1.82) is 0 Å². The Bertz CT molecular complexity index is 796. The van der Waals surface area contributed by atoms with Gasteiger partial charge in [-0.25, -0.2) is 0 Å². The van der Waals surface area contributed by atoms with E-state index in [0.29, 0.717) is 12.2 Å². The Balaban J connectivity index is 1.58. The molecule has 0 aromatic heterocycles. The molecule has 5 heteroatoms. The molecule has 3 rings (SSSR count). The predicted molar refractivity (Wildman–Crippen MR) is 119 cm³/mol. The van der Waals surface area contributed by atoms with Gasteiger partial charge in [0.25, 0.3) is 5.91 Å². The summed E-state index contributed by atoms with van der Waals surface area (Å²) in [6.45, 7) is 13.0. The SMILES string of the molecule is CCCCOc1ccc(C(=O)Nc2ccc(N3CC[NH+](CC)CC3)c(C)c2)cc1. The van der Waals surface area contributed by atoms with Gasteiger partial charge >= 0.3 is 0 Å². The zero-order valence-corrected chi connectivity index (χ0v) is 18.0. The number of piperazine rings is 1. The number of likely N-dealkylation sites (N-methyl/N-ethyl adjacent to an activating group) is 1. The van der Waals surface area contributed by atoms with E-state index in [1.165, 1.54) is 30.9 Å². The van der Waals surface area contributed by atoms with Crippen LogP contribution in [0.3, 0.4) is 0 Å². The van der Waals surface area contributed by atoms with Gasteiger partial charge in [-0.2, -0.15) is 0 Å². The minimum absolute atomic E-state index is 0.0996. The van der Waals surface area contributed by atoms with Crippen molar-refractivity contribution in [2.24, 2.45) is 0 Å². The molecule has 0 atom stereocenters. The molecular formula is C24H34N3O2+. The molecule has 1 fully saturated rings. The number of amides is 1. The summed E-state index contributed by atoms with van der Waals surface area (Å²) in [6, 6.07) is 13.5. The third-order valence-electron chi connectivity index (χ3n) is 5.65. The minimum Gasteiger partial charge on any atom is -0.494 e. The number of ether oxygens (including phenoxy) is 1. The monoisotopic (exact) mass is 396 g/mol. The van der Waals surface area contributed by atoms with Crippen LogP contribution in [0.1, 0.15) is 42.6 Å². The van der Waals surface area contributed by atoms with Crippen molar-refractivity contribution in [3.8, 4) is 5.75 Å². The molecule has 2 aromatic rings. The first kappa shape index (κ1) is 21.2. The van der Waals surface area contributed by atoms with Crippen molar-refractivity contribution in [3.63, 3.8) is 0 Å². The maximum atomic E-state index is 12.6. The molecule has 29 heavy (non-hydrogen) atoms. The Kier molecular flexibility index (Phi) is 7.53. The fraction of sp³-hybridized carbons (Fsp3) is 0.458. The molecule has 1 heterocycles. The molecule has 1 aliphatic rings. The van der Waals surface area contributed by atoms with Gasteiger partial charge < -0.3 is 19.9 Å². The van der Waals surface area contributed by atoms with Crippen LogP contribution in [0, 0.1) is 6.92 Å². The van der Waals surface area contributed by atoms with Gasteiger partial charge in [0.1, 0.15) is 5.75 Å². The fourth-order valence-electron chi connectivity index (χ4n) is 3.75. The smallest absolute Gasteiger partial charge is 0.255 e. The highest BCUT2D eigenvalue weighted by atomic mass is 16.5. The molecule has 0 radical (unpaired) electrons. The zero-order chi connectivity index (χ0) is 20.6. The summed E-state index contributed by atoms with van der Waals surface area (Å²) in [5, 5.41) is 3.01. The van der Waals surface area contributed by atoms with E-state index in [2.05, 4.69) is 43.1 Å². The van der Waals surface area contributed by atoms with Crippen molar-refractivity contribution in [1.82, 2.24) is 0 Å². The Morgan fingerprint density at radius 2 is 1.83 bits per heavy atom. The number of benzene rings is 2. The molecule has 1 aliphatic heterocycles. The van der Waals surface area contributed by atoms with Gasteiger partial charge in [0.15, 0.2) is 0 Å². The van der Waals surface area contributed by atoms with Crippen LogP contribution >= 0.6 is 0 Å². The number of carbonyl (C=O) groups is 1. The highest BCUT2D eigenvalue weighted by Gasteiger charge is 2.20.